The molecule has 0 radical (unpaired) electrons. The van der Waals surface area contributed by atoms with Crippen LogP contribution in [-0.2, 0) is 0 Å². The van der Waals surface area contributed by atoms with Gasteiger partial charge in [-0.1, -0.05) is 13.8 Å². The van der Waals surface area contributed by atoms with Crippen LogP contribution in [0, 0.1) is 10.8 Å². The molecule has 0 aromatic rings. The number of hydrogen-bond donors (Lipinski definition) is 0. The predicted octanol–water partition coefficient (Wildman–Crippen LogP) is 2.54. The van der Waals surface area contributed by atoms with Gasteiger partial charge < -0.3 is 0 Å². The molecule has 1 saturated carbocycles. The maximum atomic E-state index is 2.88. The third-order valence-electron chi connectivity index (χ3n) is 3.59. The Bertz CT molecular complexity index is 111. The Morgan fingerprint density at radius 3 is 1.40 bits per heavy atom. The van der Waals surface area contributed by atoms with Gasteiger partial charge in [-0.3, -0.25) is 0 Å². The highest BCUT2D eigenvalue weighted by Crippen LogP contribution is 2.58. The van der Waals surface area contributed by atoms with E-state index in [1.165, 1.54) is 25.2 Å². The van der Waals surface area contributed by atoms with Crippen LogP contribution < -0.4 is 0 Å². The predicted molar refractivity (Wildman–Crippen MR) is 54.6 cm³/mol. The van der Waals surface area contributed by atoms with Crippen LogP contribution in [-0.4, -0.2) is 12.3 Å². The molecule has 0 saturated heterocycles. The van der Waals surface area contributed by atoms with E-state index in [-0.39, 0.29) is 0 Å². The van der Waals surface area contributed by atoms with E-state index in [1.54, 1.807) is 0 Å². The summed E-state index contributed by atoms with van der Waals surface area (Å²) in [5.74, 6) is 0. The van der Waals surface area contributed by atoms with Crippen LogP contribution in [0.15, 0.2) is 0 Å². The summed E-state index contributed by atoms with van der Waals surface area (Å²) >= 11 is 0. The lowest BCUT2D eigenvalue weighted by Gasteiger charge is -2.56. The molecule has 3 unspecified atom stereocenters. The first-order valence-electron chi connectivity index (χ1n) is 3.98. The monoisotopic (exact) mass is 176 g/mol. The van der Waals surface area contributed by atoms with Crippen molar-refractivity contribution in [2.45, 2.75) is 26.7 Å². The Morgan fingerprint density at radius 2 is 1.30 bits per heavy atom. The molecule has 0 amide bonds. The summed E-state index contributed by atoms with van der Waals surface area (Å²) in [5.41, 5.74) is 1.22. The van der Waals surface area contributed by atoms with Gasteiger partial charge in [-0.15, -0.1) is 18.5 Å². The molecule has 1 fully saturated rings. The molecule has 0 bridgehead atoms. The van der Waals surface area contributed by atoms with E-state index in [4.69, 9.17) is 0 Å². The van der Waals surface area contributed by atoms with Gasteiger partial charge in [-0.2, -0.15) is 0 Å². The fourth-order valence-corrected chi connectivity index (χ4v) is 3.07. The van der Waals surface area contributed by atoms with Crippen LogP contribution >= 0.6 is 18.5 Å². The Morgan fingerprint density at radius 1 is 1.00 bits per heavy atom. The lowest BCUT2D eigenvalue weighted by molar-refractivity contribution is -0.00720. The maximum Gasteiger partial charge on any atom is -0.0234 e. The quantitative estimate of drug-likeness (QED) is 0.567. The Labute approximate surface area is 68.9 Å². The van der Waals surface area contributed by atoms with Crippen LogP contribution in [0.3, 0.4) is 0 Å². The van der Waals surface area contributed by atoms with Gasteiger partial charge in [0.15, 0.2) is 0 Å². The lowest BCUT2D eigenvalue weighted by atomic mass is 9.53. The molecule has 0 aromatic carbocycles. The molecule has 0 spiro atoms. The Balaban J connectivity index is 2.64. The van der Waals surface area contributed by atoms with Gasteiger partial charge in [0, 0.05) is 0 Å². The summed E-state index contributed by atoms with van der Waals surface area (Å²) in [4.78, 5) is 0. The summed E-state index contributed by atoms with van der Waals surface area (Å²) in [6.45, 7) is 4.82. The van der Waals surface area contributed by atoms with Crippen LogP contribution in [0.2, 0.25) is 0 Å². The molecule has 2 heteroatoms. The zero-order valence-corrected chi connectivity index (χ0v) is 9.29. The fourth-order valence-electron chi connectivity index (χ4n) is 1.68. The van der Waals surface area contributed by atoms with Crippen molar-refractivity contribution < 1.29 is 0 Å². The van der Waals surface area contributed by atoms with Crippen LogP contribution in [0.4, 0.5) is 0 Å². The van der Waals surface area contributed by atoms with Crippen molar-refractivity contribution in [1.82, 2.24) is 0 Å². The van der Waals surface area contributed by atoms with E-state index in [1.807, 2.05) is 0 Å². The van der Waals surface area contributed by atoms with Crippen molar-refractivity contribution >= 4 is 18.5 Å². The molecular weight excluding hydrogens is 158 g/mol. The SMILES string of the molecule is CC1(CP)CC[C@]1(C)CP. The summed E-state index contributed by atoms with van der Waals surface area (Å²) in [5, 5.41) is 0. The first-order chi connectivity index (χ1) is 4.58. The van der Waals surface area contributed by atoms with E-state index >= 15 is 0 Å². The van der Waals surface area contributed by atoms with Crippen LogP contribution in [0.1, 0.15) is 26.7 Å². The minimum absolute atomic E-state index is 0.611. The standard InChI is InChI=1S/C8H18P2/c1-7(5-9)3-4-8(7,2)6-10/h3-6,9-10H2,1-2H3/t7-,8?/m1/s1. The number of rotatable bonds is 2. The highest BCUT2D eigenvalue weighted by Gasteiger charge is 2.49. The van der Waals surface area contributed by atoms with E-state index in [9.17, 15) is 0 Å². The second kappa shape index (κ2) is 2.72. The van der Waals surface area contributed by atoms with Crippen molar-refractivity contribution in [1.29, 1.82) is 0 Å². The molecule has 1 rings (SSSR count). The lowest BCUT2D eigenvalue weighted by Crippen LogP contribution is -2.49. The van der Waals surface area contributed by atoms with Gasteiger partial charge in [0.2, 0.25) is 0 Å². The molecule has 1 aliphatic carbocycles. The second-order valence-corrected chi connectivity index (χ2v) is 4.85. The summed E-state index contributed by atoms with van der Waals surface area (Å²) in [7, 11) is 5.77. The largest absolute Gasteiger partial charge is 0.137 e. The van der Waals surface area contributed by atoms with Gasteiger partial charge in [-0.25, -0.2) is 0 Å². The molecule has 0 heterocycles. The third kappa shape index (κ3) is 1.05. The van der Waals surface area contributed by atoms with E-state index in [0.717, 1.165) is 0 Å². The molecule has 10 heavy (non-hydrogen) atoms. The molecule has 0 aromatic heterocycles. The number of hydrogen-bond acceptors (Lipinski definition) is 0. The highest BCUT2D eigenvalue weighted by molar-refractivity contribution is 7.17. The Hall–Kier alpha value is 0.860. The smallest absolute Gasteiger partial charge is 0.0234 e. The average Bonchev–Trinajstić information content (AvgIpc) is 1.99. The maximum absolute atomic E-state index is 2.88. The van der Waals surface area contributed by atoms with Crippen molar-refractivity contribution in [3.05, 3.63) is 0 Å². The Kier molecular flexibility index (Phi) is 2.44. The third-order valence-corrected chi connectivity index (χ3v) is 5.39. The summed E-state index contributed by atoms with van der Waals surface area (Å²) in [6, 6.07) is 0. The van der Waals surface area contributed by atoms with Gasteiger partial charge in [-0.05, 0) is 36.0 Å². The zero-order chi connectivity index (χ0) is 7.83. The topological polar surface area (TPSA) is 0 Å². The van der Waals surface area contributed by atoms with Gasteiger partial charge in [0.25, 0.3) is 0 Å². The van der Waals surface area contributed by atoms with Crippen molar-refractivity contribution in [2.24, 2.45) is 10.8 Å². The molecule has 4 atom stereocenters. The van der Waals surface area contributed by atoms with Crippen molar-refractivity contribution in [3.8, 4) is 0 Å². The second-order valence-electron chi connectivity index (χ2n) is 4.03. The normalized spacial score (nSPS) is 46.8. The minimum Gasteiger partial charge on any atom is -0.137 e. The minimum atomic E-state index is 0.611. The van der Waals surface area contributed by atoms with E-state index in [2.05, 4.69) is 32.3 Å². The molecule has 1 aliphatic rings. The van der Waals surface area contributed by atoms with Crippen molar-refractivity contribution in [2.75, 3.05) is 12.3 Å². The molecule has 60 valence electrons. The van der Waals surface area contributed by atoms with E-state index < -0.39 is 0 Å². The molecular formula is C8H18P2. The molecule has 0 N–H and O–H groups in total. The van der Waals surface area contributed by atoms with Gasteiger partial charge in [0.05, 0.1) is 0 Å². The molecule has 0 aliphatic heterocycles. The first kappa shape index (κ1) is 8.95. The fraction of sp³-hybridized carbons (Fsp3) is 1.00. The first-order valence-corrected chi connectivity index (χ1v) is 5.61. The summed E-state index contributed by atoms with van der Waals surface area (Å²) in [6.07, 6.45) is 5.36. The zero-order valence-electron chi connectivity index (χ0n) is 6.98. The van der Waals surface area contributed by atoms with E-state index in [0.29, 0.717) is 10.8 Å². The molecule has 0 nitrogen and oxygen atoms in total. The van der Waals surface area contributed by atoms with Gasteiger partial charge >= 0.3 is 0 Å². The highest BCUT2D eigenvalue weighted by atomic mass is 31.0. The van der Waals surface area contributed by atoms with Crippen molar-refractivity contribution in [3.63, 3.8) is 0 Å². The van der Waals surface area contributed by atoms with Gasteiger partial charge in [0.1, 0.15) is 0 Å². The van der Waals surface area contributed by atoms with Crippen LogP contribution in [0.5, 0.6) is 0 Å². The average molecular weight is 176 g/mol. The summed E-state index contributed by atoms with van der Waals surface area (Å²) < 4.78 is 0. The van der Waals surface area contributed by atoms with Crippen LogP contribution in [0.25, 0.3) is 0 Å².